The van der Waals surface area contributed by atoms with Gasteiger partial charge in [-0.05, 0) is 83.5 Å². The largest absolute Gasteiger partial charge is 0.462 e. The van der Waals surface area contributed by atoms with Crippen LogP contribution in [0.3, 0.4) is 0 Å². The average molecular weight is 1140 g/mol. The van der Waals surface area contributed by atoms with Gasteiger partial charge in [0.25, 0.3) is 0 Å². The molecule has 0 N–H and O–H groups in total. The van der Waals surface area contributed by atoms with Crippen molar-refractivity contribution in [2.45, 2.75) is 399 Å². The lowest BCUT2D eigenvalue weighted by Crippen LogP contribution is -2.30. The highest BCUT2D eigenvalue weighted by Gasteiger charge is 2.19. The Morgan fingerprint density at radius 3 is 0.679 bits per heavy atom. The van der Waals surface area contributed by atoms with E-state index in [1.807, 2.05) is 0 Å². The van der Waals surface area contributed by atoms with Crippen LogP contribution >= 0.6 is 0 Å². The maximum Gasteiger partial charge on any atom is 0.306 e. The van der Waals surface area contributed by atoms with Crippen molar-refractivity contribution in [1.29, 1.82) is 0 Å². The predicted octanol–water partition coefficient (Wildman–Crippen LogP) is 24.9. The van der Waals surface area contributed by atoms with Gasteiger partial charge in [0.05, 0.1) is 0 Å². The first-order chi connectivity index (χ1) is 40.0. The summed E-state index contributed by atoms with van der Waals surface area (Å²) in [4.78, 5) is 38.5. The van der Waals surface area contributed by atoms with E-state index in [4.69, 9.17) is 14.2 Å². The number of unbranched alkanes of at least 4 members (excludes halogenated alkanes) is 48. The molecule has 6 nitrogen and oxygen atoms in total. The maximum absolute atomic E-state index is 13.0. The second-order valence-corrected chi connectivity index (χ2v) is 24.5. The van der Waals surface area contributed by atoms with Crippen LogP contribution in [-0.4, -0.2) is 37.2 Å². The zero-order chi connectivity index (χ0) is 58.5. The summed E-state index contributed by atoms with van der Waals surface area (Å²) >= 11 is 0. The molecule has 0 radical (unpaired) electrons. The van der Waals surface area contributed by atoms with Gasteiger partial charge in [0.2, 0.25) is 0 Å². The first-order valence-electron chi connectivity index (χ1n) is 36.1. The smallest absolute Gasteiger partial charge is 0.306 e. The summed E-state index contributed by atoms with van der Waals surface area (Å²) in [5.74, 6) is -0.848. The number of carbonyl (C=O) groups is 3. The number of carbonyl (C=O) groups excluding carboxylic acids is 3. The summed E-state index contributed by atoms with van der Waals surface area (Å²) in [5, 5.41) is 0. The molecule has 0 rings (SSSR count). The Morgan fingerprint density at radius 1 is 0.247 bits per heavy atom. The van der Waals surface area contributed by atoms with E-state index in [1.54, 1.807) is 0 Å². The molecule has 81 heavy (non-hydrogen) atoms. The Morgan fingerprint density at radius 2 is 0.444 bits per heavy atom. The van der Waals surface area contributed by atoms with Crippen molar-refractivity contribution in [2.75, 3.05) is 13.2 Å². The van der Waals surface area contributed by atoms with Crippen molar-refractivity contribution in [3.05, 3.63) is 48.6 Å². The quantitative estimate of drug-likeness (QED) is 0.0261. The standard InChI is InChI=1S/C75H138O6/c1-4-7-10-13-16-19-22-25-28-31-34-36-37-39-41-44-47-50-53-56-59-62-65-68-74(77)80-71-72(70-79-73(76)67-64-61-58-55-52-49-46-43-40-33-30-27-24-21-18-15-12-9-6-3)81-75(78)69-66-63-60-57-54-51-48-45-42-38-35-32-29-26-23-20-17-14-11-8-5-2/h22-23,25-26,31-32,34-35,72H,4-21,24,27-30,33,36-71H2,1-3H3/b25-22-,26-23-,34-31-,35-32-. The lowest BCUT2D eigenvalue weighted by Gasteiger charge is -2.18. The van der Waals surface area contributed by atoms with Gasteiger partial charge < -0.3 is 14.2 Å². The molecule has 0 bridgehead atoms. The van der Waals surface area contributed by atoms with Gasteiger partial charge >= 0.3 is 17.9 Å². The predicted molar refractivity (Wildman–Crippen MR) is 353 cm³/mol. The van der Waals surface area contributed by atoms with Crippen LogP contribution in [-0.2, 0) is 28.6 Å². The van der Waals surface area contributed by atoms with Crippen molar-refractivity contribution in [2.24, 2.45) is 0 Å². The van der Waals surface area contributed by atoms with Crippen molar-refractivity contribution in [3.63, 3.8) is 0 Å². The van der Waals surface area contributed by atoms with Gasteiger partial charge in [-0.2, -0.15) is 0 Å². The fourth-order valence-corrected chi connectivity index (χ4v) is 10.9. The SMILES string of the molecule is CCCCCCC/C=C\C/C=C\CCCCCCCCCCCCCC(=O)OCC(COC(=O)CCCCCCCCCCCCCCCCCCCCC)OC(=O)CCCCCCCCCCC/C=C\C/C=C\CCCCCCC. The van der Waals surface area contributed by atoms with E-state index in [-0.39, 0.29) is 31.1 Å². The minimum Gasteiger partial charge on any atom is -0.462 e. The van der Waals surface area contributed by atoms with Crippen LogP contribution < -0.4 is 0 Å². The molecule has 0 aliphatic rings. The number of rotatable bonds is 67. The highest BCUT2D eigenvalue weighted by atomic mass is 16.6. The van der Waals surface area contributed by atoms with Gasteiger partial charge in [0, 0.05) is 19.3 Å². The Bertz CT molecular complexity index is 1400. The van der Waals surface area contributed by atoms with Crippen LogP contribution in [0.1, 0.15) is 393 Å². The molecule has 0 aliphatic heterocycles. The molecule has 0 spiro atoms. The molecule has 0 aromatic carbocycles. The molecule has 0 amide bonds. The molecule has 0 fully saturated rings. The molecule has 1 unspecified atom stereocenters. The summed E-state index contributed by atoms with van der Waals surface area (Å²) in [5.41, 5.74) is 0. The van der Waals surface area contributed by atoms with Gasteiger partial charge in [0.1, 0.15) is 13.2 Å². The summed E-state index contributed by atoms with van der Waals surface area (Å²) < 4.78 is 17.0. The molecule has 6 heteroatoms. The number of allylic oxidation sites excluding steroid dienone is 8. The molecule has 0 aliphatic carbocycles. The third-order valence-corrected chi connectivity index (χ3v) is 16.3. The first kappa shape index (κ1) is 78.4. The minimum atomic E-state index is -0.776. The van der Waals surface area contributed by atoms with Crippen molar-refractivity contribution in [3.8, 4) is 0 Å². The second kappa shape index (κ2) is 69.9. The highest BCUT2D eigenvalue weighted by molar-refractivity contribution is 5.71. The van der Waals surface area contributed by atoms with Gasteiger partial charge in [-0.15, -0.1) is 0 Å². The third kappa shape index (κ3) is 68.0. The Balaban J connectivity index is 4.33. The molecular weight excluding hydrogens is 997 g/mol. The van der Waals surface area contributed by atoms with Crippen LogP contribution in [0, 0.1) is 0 Å². The fourth-order valence-electron chi connectivity index (χ4n) is 10.9. The van der Waals surface area contributed by atoms with E-state index >= 15 is 0 Å². The highest BCUT2D eigenvalue weighted by Crippen LogP contribution is 2.18. The van der Waals surface area contributed by atoms with Gasteiger partial charge in [-0.25, -0.2) is 0 Å². The number of ether oxygens (including phenoxy) is 3. The van der Waals surface area contributed by atoms with Crippen molar-refractivity contribution in [1.82, 2.24) is 0 Å². The van der Waals surface area contributed by atoms with Crippen molar-refractivity contribution >= 4 is 17.9 Å². The van der Waals surface area contributed by atoms with Crippen LogP contribution in [0.25, 0.3) is 0 Å². The van der Waals surface area contributed by atoms with Crippen LogP contribution in [0.4, 0.5) is 0 Å². The monoisotopic (exact) mass is 1140 g/mol. The maximum atomic E-state index is 13.0. The molecule has 474 valence electrons. The second-order valence-electron chi connectivity index (χ2n) is 24.5. The number of hydrogen-bond acceptors (Lipinski definition) is 6. The molecule has 0 heterocycles. The zero-order valence-electron chi connectivity index (χ0n) is 54.6. The van der Waals surface area contributed by atoms with Crippen LogP contribution in [0.2, 0.25) is 0 Å². The molecule has 0 saturated heterocycles. The first-order valence-corrected chi connectivity index (χ1v) is 36.1. The number of esters is 3. The molecule has 0 saturated carbocycles. The Kier molecular flexibility index (Phi) is 67.6. The zero-order valence-corrected chi connectivity index (χ0v) is 54.6. The van der Waals surface area contributed by atoms with Crippen LogP contribution in [0.15, 0.2) is 48.6 Å². The topological polar surface area (TPSA) is 78.9 Å². The van der Waals surface area contributed by atoms with Crippen LogP contribution in [0.5, 0.6) is 0 Å². The van der Waals surface area contributed by atoms with Crippen molar-refractivity contribution < 1.29 is 28.6 Å². The van der Waals surface area contributed by atoms with E-state index in [1.165, 1.54) is 283 Å². The fraction of sp³-hybridized carbons (Fsp3) is 0.853. The molecule has 1 atom stereocenters. The van der Waals surface area contributed by atoms with Gasteiger partial charge in [0.15, 0.2) is 6.10 Å². The van der Waals surface area contributed by atoms with E-state index in [2.05, 4.69) is 69.4 Å². The minimum absolute atomic E-state index is 0.0707. The normalized spacial score (nSPS) is 12.3. The molecular formula is C75H138O6. The molecule has 0 aromatic rings. The Labute approximate surface area is 505 Å². The molecule has 0 aromatic heterocycles. The summed E-state index contributed by atoms with van der Waals surface area (Å²) in [6.45, 7) is 6.69. The van der Waals surface area contributed by atoms with E-state index in [0.717, 1.165) is 70.6 Å². The lowest BCUT2D eigenvalue weighted by atomic mass is 10.0. The lowest BCUT2D eigenvalue weighted by molar-refractivity contribution is -0.167. The van der Waals surface area contributed by atoms with Gasteiger partial charge in [-0.1, -0.05) is 339 Å². The summed E-state index contributed by atoms with van der Waals surface area (Å²) in [7, 11) is 0. The Hall–Kier alpha value is -2.63. The summed E-state index contributed by atoms with van der Waals surface area (Å²) in [6, 6.07) is 0. The van der Waals surface area contributed by atoms with E-state index in [9.17, 15) is 14.4 Å². The summed E-state index contributed by atoms with van der Waals surface area (Å²) in [6.07, 6.45) is 88.4. The third-order valence-electron chi connectivity index (χ3n) is 16.3. The van der Waals surface area contributed by atoms with E-state index < -0.39 is 6.10 Å². The van der Waals surface area contributed by atoms with E-state index in [0.29, 0.717) is 19.3 Å². The number of hydrogen-bond donors (Lipinski definition) is 0. The average Bonchev–Trinajstić information content (AvgIpc) is 3.47. The van der Waals surface area contributed by atoms with Gasteiger partial charge in [-0.3, -0.25) is 14.4 Å².